The fourth-order valence-electron chi connectivity index (χ4n) is 3.14. The zero-order chi connectivity index (χ0) is 16.0. The highest BCUT2D eigenvalue weighted by Gasteiger charge is 2.38. The van der Waals surface area contributed by atoms with Crippen LogP contribution in [0.2, 0.25) is 0 Å². The minimum absolute atomic E-state index is 0.145. The number of carbonyl (C=O) groups excluding carboxylic acids is 1. The van der Waals surface area contributed by atoms with Gasteiger partial charge in [-0.25, -0.2) is 0 Å². The highest BCUT2D eigenvalue weighted by molar-refractivity contribution is 5.80. The smallest absolute Gasteiger partial charge is 0.327 e. The van der Waals surface area contributed by atoms with E-state index in [-0.39, 0.29) is 12.0 Å². The third kappa shape index (κ3) is 5.57. The van der Waals surface area contributed by atoms with E-state index in [0.717, 1.165) is 25.9 Å². The number of ether oxygens (including phenoxy) is 1. The Morgan fingerprint density at radius 2 is 1.95 bits per heavy atom. The Bertz CT molecular complexity index is 325. The molecular formula is C16H33N3O2. The van der Waals surface area contributed by atoms with Crippen LogP contribution in [0.5, 0.6) is 0 Å². The fraction of sp³-hybridized carbons (Fsp3) is 0.938. The molecular weight excluding hydrogens is 266 g/mol. The van der Waals surface area contributed by atoms with Crippen LogP contribution in [0, 0.1) is 0 Å². The molecule has 0 aliphatic carbocycles. The van der Waals surface area contributed by atoms with Gasteiger partial charge in [-0.3, -0.25) is 10.1 Å². The Labute approximate surface area is 130 Å². The molecule has 0 spiro atoms. The molecule has 0 bridgehead atoms. The largest absolute Gasteiger partial charge is 0.465 e. The molecule has 1 unspecified atom stereocenters. The minimum atomic E-state index is -0.630. The maximum atomic E-state index is 12.3. The third-order valence-electron chi connectivity index (χ3n) is 4.16. The van der Waals surface area contributed by atoms with E-state index in [1.807, 2.05) is 13.8 Å². The Morgan fingerprint density at radius 3 is 2.38 bits per heavy atom. The molecule has 1 fully saturated rings. The summed E-state index contributed by atoms with van der Waals surface area (Å²) in [6.45, 7) is 11.2. The number of nitrogens with one attached hydrogen (secondary N) is 1. The summed E-state index contributed by atoms with van der Waals surface area (Å²) in [7, 11) is 4.28. The van der Waals surface area contributed by atoms with Gasteiger partial charge in [0.1, 0.15) is 5.54 Å². The molecule has 0 saturated carbocycles. The van der Waals surface area contributed by atoms with Crippen molar-refractivity contribution in [2.45, 2.75) is 58.2 Å². The first kappa shape index (κ1) is 18.4. The Morgan fingerprint density at radius 1 is 1.38 bits per heavy atom. The van der Waals surface area contributed by atoms with Crippen molar-refractivity contribution in [3.63, 3.8) is 0 Å². The molecule has 124 valence electrons. The molecule has 1 aliphatic heterocycles. The highest BCUT2D eigenvalue weighted by atomic mass is 16.5. The van der Waals surface area contributed by atoms with Gasteiger partial charge in [-0.2, -0.15) is 0 Å². The molecule has 5 heteroatoms. The van der Waals surface area contributed by atoms with Gasteiger partial charge in [0, 0.05) is 18.6 Å². The number of hydrogen-bond donors (Lipinski definition) is 1. The van der Waals surface area contributed by atoms with Crippen molar-refractivity contribution >= 4 is 5.97 Å². The van der Waals surface area contributed by atoms with Crippen LogP contribution in [0.15, 0.2) is 0 Å². The van der Waals surface area contributed by atoms with E-state index in [9.17, 15) is 4.79 Å². The average molecular weight is 299 g/mol. The van der Waals surface area contributed by atoms with Crippen LogP contribution in [0.1, 0.15) is 40.5 Å². The highest BCUT2D eigenvalue weighted by Crippen LogP contribution is 2.18. The first-order chi connectivity index (χ1) is 9.78. The van der Waals surface area contributed by atoms with Gasteiger partial charge in [0.25, 0.3) is 0 Å². The van der Waals surface area contributed by atoms with Crippen LogP contribution in [0.4, 0.5) is 0 Å². The van der Waals surface area contributed by atoms with Gasteiger partial charge in [-0.1, -0.05) is 0 Å². The predicted octanol–water partition coefficient (Wildman–Crippen LogP) is 1.33. The lowest BCUT2D eigenvalue weighted by atomic mass is 9.97. The zero-order valence-corrected chi connectivity index (χ0v) is 14.6. The Balaban J connectivity index is 2.63. The van der Waals surface area contributed by atoms with E-state index in [0.29, 0.717) is 19.2 Å². The summed E-state index contributed by atoms with van der Waals surface area (Å²) in [5.41, 5.74) is -0.630. The van der Waals surface area contributed by atoms with Crippen molar-refractivity contribution in [3.05, 3.63) is 0 Å². The normalized spacial score (nSPS) is 20.8. The van der Waals surface area contributed by atoms with Gasteiger partial charge in [-0.05, 0) is 67.7 Å². The monoisotopic (exact) mass is 299 g/mol. The Hall–Kier alpha value is -0.650. The third-order valence-corrected chi connectivity index (χ3v) is 4.16. The van der Waals surface area contributed by atoms with Crippen LogP contribution in [-0.2, 0) is 9.53 Å². The Kier molecular flexibility index (Phi) is 7.10. The molecule has 21 heavy (non-hydrogen) atoms. The van der Waals surface area contributed by atoms with Gasteiger partial charge in [0.15, 0.2) is 0 Å². The summed E-state index contributed by atoms with van der Waals surface area (Å²) in [6.07, 6.45) is 2.32. The van der Waals surface area contributed by atoms with Crippen molar-refractivity contribution in [2.24, 2.45) is 0 Å². The quantitative estimate of drug-likeness (QED) is 0.719. The van der Waals surface area contributed by atoms with E-state index < -0.39 is 5.54 Å². The lowest BCUT2D eigenvalue weighted by Crippen LogP contribution is -2.60. The van der Waals surface area contributed by atoms with Crippen LogP contribution in [0.25, 0.3) is 0 Å². The van der Waals surface area contributed by atoms with E-state index >= 15 is 0 Å². The molecule has 0 aromatic carbocycles. The van der Waals surface area contributed by atoms with E-state index in [4.69, 9.17) is 4.74 Å². The van der Waals surface area contributed by atoms with E-state index in [1.165, 1.54) is 0 Å². The van der Waals surface area contributed by atoms with Crippen LogP contribution in [0.3, 0.4) is 0 Å². The lowest BCUT2D eigenvalue weighted by molar-refractivity contribution is -0.152. The van der Waals surface area contributed by atoms with Crippen LogP contribution < -0.4 is 5.32 Å². The second kappa shape index (κ2) is 8.11. The molecule has 5 nitrogen and oxygen atoms in total. The first-order valence-electron chi connectivity index (χ1n) is 8.12. The molecule has 1 saturated heterocycles. The molecule has 1 atom stereocenters. The van der Waals surface area contributed by atoms with Gasteiger partial charge >= 0.3 is 5.97 Å². The van der Waals surface area contributed by atoms with Crippen LogP contribution >= 0.6 is 0 Å². The predicted molar refractivity (Wildman–Crippen MR) is 86.5 cm³/mol. The number of carbonyl (C=O) groups is 1. The molecule has 0 radical (unpaired) electrons. The summed E-state index contributed by atoms with van der Waals surface area (Å²) in [5.74, 6) is -0.145. The zero-order valence-electron chi connectivity index (χ0n) is 14.6. The topological polar surface area (TPSA) is 44.8 Å². The summed E-state index contributed by atoms with van der Waals surface area (Å²) in [5, 5.41) is 3.40. The van der Waals surface area contributed by atoms with Crippen molar-refractivity contribution in [2.75, 3.05) is 40.3 Å². The van der Waals surface area contributed by atoms with Crippen LogP contribution in [-0.4, -0.2) is 73.7 Å². The number of likely N-dealkylation sites (tertiary alicyclic amines) is 1. The fourth-order valence-corrected chi connectivity index (χ4v) is 3.14. The second-order valence-electron chi connectivity index (χ2n) is 6.82. The van der Waals surface area contributed by atoms with E-state index in [2.05, 4.69) is 43.1 Å². The standard InChI is InChI=1S/C16H33N3O2/c1-7-21-15(20)16(4,17-13(2)3)12-19-10-8-14(9-11-19)18(5)6/h13-14,17H,7-12H2,1-6H3. The second-order valence-corrected chi connectivity index (χ2v) is 6.82. The summed E-state index contributed by atoms with van der Waals surface area (Å²) >= 11 is 0. The number of esters is 1. The molecule has 0 aromatic heterocycles. The molecule has 1 aliphatic rings. The minimum Gasteiger partial charge on any atom is -0.465 e. The number of nitrogens with zero attached hydrogens (tertiary/aromatic N) is 2. The molecule has 1 heterocycles. The van der Waals surface area contributed by atoms with E-state index in [1.54, 1.807) is 0 Å². The van der Waals surface area contributed by atoms with Crippen molar-refractivity contribution in [1.82, 2.24) is 15.1 Å². The van der Waals surface area contributed by atoms with Gasteiger partial charge in [0.2, 0.25) is 0 Å². The van der Waals surface area contributed by atoms with Crippen molar-refractivity contribution in [1.29, 1.82) is 0 Å². The molecule has 0 aromatic rings. The SMILES string of the molecule is CCOC(=O)C(C)(CN1CCC(N(C)C)CC1)NC(C)C. The molecule has 1 N–H and O–H groups in total. The number of hydrogen-bond acceptors (Lipinski definition) is 5. The average Bonchev–Trinajstić information content (AvgIpc) is 2.38. The number of piperidine rings is 1. The van der Waals surface area contributed by atoms with Gasteiger partial charge in [0.05, 0.1) is 6.61 Å². The summed E-state index contributed by atoms with van der Waals surface area (Å²) < 4.78 is 5.27. The lowest BCUT2D eigenvalue weighted by Gasteiger charge is -2.40. The first-order valence-corrected chi connectivity index (χ1v) is 8.12. The maximum absolute atomic E-state index is 12.3. The van der Waals surface area contributed by atoms with Gasteiger partial charge < -0.3 is 14.5 Å². The van der Waals surface area contributed by atoms with Crippen molar-refractivity contribution in [3.8, 4) is 0 Å². The van der Waals surface area contributed by atoms with Gasteiger partial charge in [-0.15, -0.1) is 0 Å². The number of rotatable bonds is 7. The molecule has 0 amide bonds. The summed E-state index contributed by atoms with van der Waals surface area (Å²) in [6, 6.07) is 0.909. The summed E-state index contributed by atoms with van der Waals surface area (Å²) in [4.78, 5) is 17.0. The van der Waals surface area contributed by atoms with Crippen molar-refractivity contribution < 1.29 is 9.53 Å². The maximum Gasteiger partial charge on any atom is 0.327 e. The molecule has 1 rings (SSSR count).